The van der Waals surface area contributed by atoms with Crippen molar-refractivity contribution in [2.75, 3.05) is 25.7 Å². The van der Waals surface area contributed by atoms with Crippen molar-refractivity contribution < 1.29 is 24.0 Å². The summed E-state index contributed by atoms with van der Waals surface area (Å²) in [6.45, 7) is 2.85. The number of benzene rings is 2. The number of nitro groups is 1. The Labute approximate surface area is 179 Å². The fraction of sp³-hybridized carbons (Fsp3) is 0.364. The molecule has 1 fully saturated rings. The van der Waals surface area contributed by atoms with Crippen LogP contribution in [0.1, 0.15) is 23.1 Å². The second-order valence-corrected chi connectivity index (χ2v) is 7.71. The molecule has 2 amide bonds. The van der Waals surface area contributed by atoms with E-state index >= 15 is 0 Å². The van der Waals surface area contributed by atoms with Gasteiger partial charge in [-0.05, 0) is 42.2 Å². The summed E-state index contributed by atoms with van der Waals surface area (Å²) in [6.07, 6.45) is 0.757. The van der Waals surface area contributed by atoms with Crippen molar-refractivity contribution in [3.63, 3.8) is 0 Å². The highest BCUT2D eigenvalue weighted by Crippen LogP contribution is 2.36. The van der Waals surface area contributed by atoms with E-state index in [1.807, 2.05) is 17.0 Å². The quantitative estimate of drug-likeness (QED) is 0.412. The number of fused-ring (bicyclic) bond motifs is 1. The van der Waals surface area contributed by atoms with Gasteiger partial charge in [-0.15, -0.1) is 0 Å². The molecular weight excluding hydrogens is 402 g/mol. The number of carbonyl (C=O) groups excluding carboxylic acids is 2. The predicted octanol–water partition coefficient (Wildman–Crippen LogP) is 2.61. The molecule has 2 heterocycles. The molecule has 0 spiro atoms. The number of nitrogens with zero attached hydrogens (tertiary/aromatic N) is 3. The highest BCUT2D eigenvalue weighted by atomic mass is 16.6. The zero-order valence-electron chi connectivity index (χ0n) is 17.6. The van der Waals surface area contributed by atoms with E-state index in [0.29, 0.717) is 36.6 Å². The topological polar surface area (TPSA) is 102 Å². The van der Waals surface area contributed by atoms with Crippen LogP contribution >= 0.6 is 0 Å². The lowest BCUT2D eigenvalue weighted by molar-refractivity contribution is -0.384. The SMILES string of the molecule is COc1cc2c(cc1OC)CN([C@@H]1CC(=O)N(c3cc([N+](=O)[O-])ccc3C)C1=O)CC2. The normalized spacial score (nSPS) is 18.8. The van der Waals surface area contributed by atoms with E-state index in [2.05, 4.69) is 0 Å². The molecule has 2 aliphatic heterocycles. The van der Waals surface area contributed by atoms with Crippen LogP contribution in [0, 0.1) is 17.0 Å². The summed E-state index contributed by atoms with van der Waals surface area (Å²) in [5, 5.41) is 11.2. The van der Waals surface area contributed by atoms with Crippen LogP contribution in [0.2, 0.25) is 0 Å². The minimum atomic E-state index is -0.604. The minimum absolute atomic E-state index is 0.0452. The number of hydrogen-bond donors (Lipinski definition) is 0. The summed E-state index contributed by atoms with van der Waals surface area (Å²) in [5.41, 5.74) is 2.90. The first kappa shape index (κ1) is 20.8. The van der Waals surface area contributed by atoms with Gasteiger partial charge >= 0.3 is 0 Å². The first-order chi connectivity index (χ1) is 14.8. The van der Waals surface area contributed by atoms with Crippen LogP contribution in [0.5, 0.6) is 11.5 Å². The second-order valence-electron chi connectivity index (χ2n) is 7.71. The molecule has 9 nitrogen and oxygen atoms in total. The van der Waals surface area contributed by atoms with Gasteiger partial charge in [-0.25, -0.2) is 4.90 Å². The van der Waals surface area contributed by atoms with Gasteiger partial charge in [-0.3, -0.25) is 24.6 Å². The Morgan fingerprint density at radius 3 is 2.39 bits per heavy atom. The molecule has 1 saturated heterocycles. The molecule has 0 N–H and O–H groups in total. The van der Waals surface area contributed by atoms with E-state index in [1.54, 1.807) is 27.2 Å². The third kappa shape index (κ3) is 3.61. The van der Waals surface area contributed by atoms with Crippen molar-refractivity contribution in [1.82, 2.24) is 4.90 Å². The van der Waals surface area contributed by atoms with Crippen molar-refractivity contribution in [3.8, 4) is 11.5 Å². The van der Waals surface area contributed by atoms with Crippen molar-refractivity contribution in [2.45, 2.75) is 32.4 Å². The van der Waals surface area contributed by atoms with Crippen molar-refractivity contribution in [1.29, 1.82) is 0 Å². The van der Waals surface area contributed by atoms with E-state index in [4.69, 9.17) is 9.47 Å². The maximum Gasteiger partial charge on any atom is 0.271 e. The van der Waals surface area contributed by atoms with Crippen LogP contribution in [-0.4, -0.2) is 48.4 Å². The maximum absolute atomic E-state index is 13.2. The Morgan fingerprint density at radius 2 is 1.74 bits per heavy atom. The summed E-state index contributed by atoms with van der Waals surface area (Å²) in [6, 6.07) is 7.46. The van der Waals surface area contributed by atoms with Gasteiger partial charge in [-0.1, -0.05) is 6.07 Å². The molecule has 0 aliphatic carbocycles. The number of anilines is 1. The third-order valence-corrected chi connectivity index (χ3v) is 5.96. The molecule has 9 heteroatoms. The highest BCUT2D eigenvalue weighted by molar-refractivity contribution is 6.22. The van der Waals surface area contributed by atoms with Crippen molar-refractivity contribution in [2.24, 2.45) is 0 Å². The Balaban J connectivity index is 1.61. The van der Waals surface area contributed by atoms with Gasteiger partial charge in [0, 0.05) is 25.2 Å². The number of ether oxygens (including phenoxy) is 2. The number of imide groups is 1. The molecule has 0 bridgehead atoms. The molecule has 0 radical (unpaired) electrons. The monoisotopic (exact) mass is 425 g/mol. The first-order valence-electron chi connectivity index (χ1n) is 9.93. The summed E-state index contributed by atoms with van der Waals surface area (Å²) in [7, 11) is 3.16. The lowest BCUT2D eigenvalue weighted by atomic mass is 9.97. The van der Waals surface area contributed by atoms with Crippen LogP contribution in [0.25, 0.3) is 0 Å². The number of amides is 2. The average molecular weight is 425 g/mol. The lowest BCUT2D eigenvalue weighted by Gasteiger charge is -2.32. The summed E-state index contributed by atoms with van der Waals surface area (Å²) in [4.78, 5) is 39.7. The molecule has 0 aromatic heterocycles. The number of hydrogen-bond acceptors (Lipinski definition) is 7. The average Bonchev–Trinajstić information content (AvgIpc) is 3.06. The molecule has 162 valence electrons. The van der Waals surface area contributed by atoms with Gasteiger partial charge in [0.1, 0.15) is 0 Å². The molecule has 4 rings (SSSR count). The first-order valence-corrected chi connectivity index (χ1v) is 9.93. The fourth-order valence-electron chi connectivity index (χ4n) is 4.28. The highest BCUT2D eigenvalue weighted by Gasteiger charge is 2.44. The lowest BCUT2D eigenvalue weighted by Crippen LogP contribution is -2.44. The second kappa shape index (κ2) is 7.99. The number of methoxy groups -OCH3 is 2. The van der Waals surface area contributed by atoms with E-state index in [0.717, 1.165) is 16.0 Å². The van der Waals surface area contributed by atoms with Crippen LogP contribution in [-0.2, 0) is 22.6 Å². The number of carbonyl (C=O) groups is 2. The van der Waals surface area contributed by atoms with E-state index in [-0.39, 0.29) is 29.6 Å². The van der Waals surface area contributed by atoms with Gasteiger partial charge in [0.25, 0.3) is 11.6 Å². The summed E-state index contributed by atoms with van der Waals surface area (Å²) in [5.74, 6) is 0.578. The van der Waals surface area contributed by atoms with Gasteiger partial charge in [-0.2, -0.15) is 0 Å². The summed E-state index contributed by atoms with van der Waals surface area (Å²) >= 11 is 0. The fourth-order valence-corrected chi connectivity index (χ4v) is 4.28. The summed E-state index contributed by atoms with van der Waals surface area (Å²) < 4.78 is 10.8. The molecule has 2 aromatic rings. The maximum atomic E-state index is 13.2. The van der Waals surface area contributed by atoms with Crippen molar-refractivity contribution in [3.05, 3.63) is 57.1 Å². The van der Waals surface area contributed by atoms with Crippen LogP contribution in [0.15, 0.2) is 30.3 Å². The van der Waals surface area contributed by atoms with E-state index in [1.165, 1.54) is 12.1 Å². The molecule has 1 atom stereocenters. The largest absolute Gasteiger partial charge is 0.493 e. The van der Waals surface area contributed by atoms with Gasteiger partial charge in [0.05, 0.1) is 37.3 Å². The van der Waals surface area contributed by atoms with E-state index < -0.39 is 11.0 Å². The molecular formula is C22H23N3O6. The molecule has 0 unspecified atom stereocenters. The molecule has 2 aliphatic rings. The molecule has 0 saturated carbocycles. The van der Waals surface area contributed by atoms with Crippen LogP contribution in [0.4, 0.5) is 11.4 Å². The number of aryl methyl sites for hydroxylation is 1. The van der Waals surface area contributed by atoms with Crippen LogP contribution < -0.4 is 14.4 Å². The zero-order chi connectivity index (χ0) is 22.3. The van der Waals surface area contributed by atoms with Gasteiger partial charge < -0.3 is 9.47 Å². The molecule has 31 heavy (non-hydrogen) atoms. The van der Waals surface area contributed by atoms with Crippen molar-refractivity contribution >= 4 is 23.2 Å². The molecule has 2 aromatic carbocycles. The number of rotatable bonds is 5. The van der Waals surface area contributed by atoms with Gasteiger partial charge in [0.15, 0.2) is 11.5 Å². The number of nitro benzene ring substituents is 1. The zero-order valence-corrected chi connectivity index (χ0v) is 17.6. The van der Waals surface area contributed by atoms with E-state index in [9.17, 15) is 19.7 Å². The minimum Gasteiger partial charge on any atom is -0.493 e. The third-order valence-electron chi connectivity index (χ3n) is 5.96. The van der Waals surface area contributed by atoms with Crippen LogP contribution in [0.3, 0.4) is 0 Å². The Morgan fingerprint density at radius 1 is 1.06 bits per heavy atom. The smallest absolute Gasteiger partial charge is 0.271 e. The standard InChI is InChI=1S/C22H23N3O6/c1-13-4-5-16(25(28)29)10-17(13)24-21(26)11-18(22(24)27)23-7-6-14-8-19(30-2)20(31-3)9-15(14)12-23/h4-5,8-10,18H,6-7,11-12H2,1-3H3/t18-/m1/s1. The number of non-ortho nitro benzene ring substituents is 1. The Bertz CT molecular complexity index is 1080. The van der Waals surface area contributed by atoms with Gasteiger partial charge in [0.2, 0.25) is 5.91 Å². The predicted molar refractivity (Wildman–Crippen MR) is 112 cm³/mol. The Hall–Kier alpha value is -3.46. The Kier molecular flexibility index (Phi) is 5.36.